The Hall–Kier alpha value is -1.45. The van der Waals surface area contributed by atoms with Crippen molar-refractivity contribution in [2.75, 3.05) is 13.2 Å². The molecule has 7 nitrogen and oxygen atoms in total. The summed E-state index contributed by atoms with van der Waals surface area (Å²) in [6, 6.07) is 3.10. The average Bonchev–Trinajstić information content (AvgIpc) is 3.26. The van der Waals surface area contributed by atoms with E-state index >= 15 is 0 Å². The third-order valence-corrected chi connectivity index (χ3v) is 12.8. The van der Waals surface area contributed by atoms with Crippen LogP contribution in [0.5, 0.6) is 0 Å². The minimum absolute atomic E-state index is 0. The fraction of sp³-hybridized carbons (Fsp3) is 0.778. The maximum absolute atomic E-state index is 13.0. The van der Waals surface area contributed by atoms with E-state index < -0.39 is 27.0 Å². The van der Waals surface area contributed by atoms with Crippen LogP contribution in [-0.4, -0.2) is 38.1 Å². The van der Waals surface area contributed by atoms with Gasteiger partial charge in [0.15, 0.2) is 0 Å². The second-order valence-electron chi connectivity index (χ2n) is 17.8. The maximum Gasteiger partial charge on any atom is 1.00 e. The first-order chi connectivity index (χ1) is 30.3. The third-order valence-electron chi connectivity index (χ3n) is 12.0. The number of ether oxygens (including phenoxy) is 2. The molecule has 0 unspecified atom stereocenters. The van der Waals surface area contributed by atoms with Gasteiger partial charge < -0.3 is 14.0 Å². The van der Waals surface area contributed by atoms with Crippen LogP contribution < -0.4 is 29.6 Å². The molecule has 0 aliphatic carbocycles. The van der Waals surface area contributed by atoms with Crippen LogP contribution in [-0.2, 0) is 19.6 Å². The van der Waals surface area contributed by atoms with Gasteiger partial charge in [-0.2, -0.15) is 0 Å². The number of esters is 2. The van der Waals surface area contributed by atoms with Crippen LogP contribution in [0.2, 0.25) is 0 Å². The Morgan fingerprint density at radius 1 is 0.429 bits per heavy atom. The van der Waals surface area contributed by atoms with Gasteiger partial charge in [-0.25, -0.2) is 18.0 Å². The summed E-state index contributed by atoms with van der Waals surface area (Å²) >= 11 is 0. The van der Waals surface area contributed by atoms with Crippen LogP contribution in [0.15, 0.2) is 47.4 Å². The Labute approximate surface area is 410 Å². The number of hydrogen-bond acceptors (Lipinski definition) is 7. The molecule has 1 aromatic rings. The van der Waals surface area contributed by atoms with Crippen molar-refractivity contribution in [1.82, 2.24) is 0 Å². The summed E-state index contributed by atoms with van der Waals surface area (Å²) in [7, 11) is -4.83. The Morgan fingerprint density at radius 2 is 0.698 bits per heavy atom. The molecule has 358 valence electrons. The molecule has 0 fully saturated rings. The van der Waals surface area contributed by atoms with Crippen LogP contribution >= 0.6 is 0 Å². The standard InChI is InChI=1S/C54H94O7S.Na/c1-3-5-7-9-11-13-15-17-19-21-23-25-27-29-31-33-35-37-39-41-43-47-60-53(55)51-46-45-50(62(57,58)59)49-52(51)54(56)61-48-44-42-40-38-36-34-32-30-28-26-24-22-20-18-16-14-12-10-8-6-4-2;/h37-40,45-46,49H,3-36,41-44,47-48H2,1-2H3,(H,57,58,59);/q;+1/p-1/b39-37+,40-38+;. The van der Waals surface area contributed by atoms with Crippen LogP contribution in [0.25, 0.3) is 0 Å². The molecule has 0 amide bonds. The fourth-order valence-corrected chi connectivity index (χ4v) is 8.50. The summed E-state index contributed by atoms with van der Waals surface area (Å²) in [6.07, 6.45) is 57.0. The van der Waals surface area contributed by atoms with Crippen LogP contribution in [0, 0.1) is 0 Å². The van der Waals surface area contributed by atoms with E-state index in [1.165, 1.54) is 205 Å². The van der Waals surface area contributed by atoms with Gasteiger partial charge in [0, 0.05) is 0 Å². The van der Waals surface area contributed by atoms with Gasteiger partial charge in [-0.15, -0.1) is 0 Å². The first-order valence-corrected chi connectivity index (χ1v) is 27.5. The van der Waals surface area contributed by atoms with E-state index in [1.807, 2.05) is 0 Å². The smallest absolute Gasteiger partial charge is 0.744 e. The fourth-order valence-electron chi connectivity index (χ4n) is 8.01. The molecule has 1 aromatic carbocycles. The third kappa shape index (κ3) is 38.4. The van der Waals surface area contributed by atoms with Gasteiger partial charge in [0.2, 0.25) is 0 Å². The number of hydrogen-bond donors (Lipinski definition) is 0. The quantitative estimate of drug-likeness (QED) is 0.0211. The van der Waals surface area contributed by atoms with E-state index in [0.29, 0.717) is 12.8 Å². The van der Waals surface area contributed by atoms with E-state index in [0.717, 1.165) is 43.9 Å². The molecule has 0 saturated heterocycles. The van der Waals surface area contributed by atoms with Crippen molar-refractivity contribution in [2.24, 2.45) is 0 Å². The molecular formula is C54H93NaO7S. The molecule has 0 atom stereocenters. The van der Waals surface area contributed by atoms with E-state index in [2.05, 4.69) is 38.2 Å². The average molecular weight is 909 g/mol. The molecule has 0 aliphatic heterocycles. The topological polar surface area (TPSA) is 110 Å². The zero-order valence-electron chi connectivity index (χ0n) is 41.1. The number of carbonyl (C=O) groups is 2. The summed E-state index contributed by atoms with van der Waals surface area (Å²) in [4.78, 5) is 25.3. The number of carbonyl (C=O) groups excluding carboxylic acids is 2. The molecular weight excluding hydrogens is 816 g/mol. The monoisotopic (exact) mass is 909 g/mol. The molecule has 1 rings (SSSR count). The number of unbranched alkanes of at least 4 members (excludes halogenated alkanes) is 34. The van der Waals surface area contributed by atoms with Crippen molar-refractivity contribution in [3.63, 3.8) is 0 Å². The molecule has 63 heavy (non-hydrogen) atoms. The first-order valence-electron chi connectivity index (χ1n) is 26.0. The Bertz CT molecular complexity index is 1380. The Balaban J connectivity index is 0.0000384. The number of rotatable bonds is 45. The van der Waals surface area contributed by atoms with Gasteiger partial charge in [0.05, 0.1) is 29.2 Å². The number of benzene rings is 1. The van der Waals surface area contributed by atoms with Crippen LogP contribution in [0.4, 0.5) is 0 Å². The van der Waals surface area contributed by atoms with Crippen molar-refractivity contribution in [3.8, 4) is 0 Å². The second kappa shape index (κ2) is 45.7. The summed E-state index contributed by atoms with van der Waals surface area (Å²) in [6.45, 7) is 4.81. The molecule has 9 heteroatoms. The summed E-state index contributed by atoms with van der Waals surface area (Å²) in [5.41, 5.74) is -0.384. The van der Waals surface area contributed by atoms with Crippen molar-refractivity contribution in [2.45, 2.75) is 263 Å². The van der Waals surface area contributed by atoms with Crippen molar-refractivity contribution < 1.29 is 61.6 Å². The zero-order chi connectivity index (χ0) is 45.0. The van der Waals surface area contributed by atoms with Gasteiger partial charge >= 0.3 is 41.5 Å². The largest absolute Gasteiger partial charge is 1.00 e. The van der Waals surface area contributed by atoms with Gasteiger partial charge in [-0.05, 0) is 69.6 Å². The SMILES string of the molecule is CCCCCCCCCCCCCCCCCC/C=C/CCCOC(=O)c1ccc(S(=O)(=O)[O-])cc1C(=O)OCCC/C=C/CCCCCCCCCCCCCCCCCC.[Na+]. The van der Waals surface area contributed by atoms with Gasteiger partial charge in [0.25, 0.3) is 0 Å². The molecule has 0 radical (unpaired) electrons. The molecule has 0 saturated carbocycles. The van der Waals surface area contributed by atoms with E-state index in [9.17, 15) is 22.6 Å². The zero-order valence-corrected chi connectivity index (χ0v) is 43.9. The van der Waals surface area contributed by atoms with Crippen molar-refractivity contribution in [3.05, 3.63) is 53.6 Å². The molecule has 0 bridgehead atoms. The summed E-state index contributed by atoms with van der Waals surface area (Å²) in [5.74, 6) is -1.60. The maximum atomic E-state index is 13.0. The van der Waals surface area contributed by atoms with E-state index in [4.69, 9.17) is 9.47 Å². The molecule has 0 aromatic heterocycles. The van der Waals surface area contributed by atoms with Gasteiger partial charge in [0.1, 0.15) is 10.1 Å². The second-order valence-corrected chi connectivity index (χ2v) is 19.2. The molecule has 0 aliphatic rings. The van der Waals surface area contributed by atoms with E-state index in [1.54, 1.807) is 0 Å². The minimum Gasteiger partial charge on any atom is -0.744 e. The first kappa shape index (κ1) is 61.5. The summed E-state index contributed by atoms with van der Waals surface area (Å²) < 4.78 is 45.9. The van der Waals surface area contributed by atoms with E-state index in [-0.39, 0.29) is 53.9 Å². The van der Waals surface area contributed by atoms with Gasteiger partial charge in [-0.1, -0.05) is 231 Å². The predicted octanol–water partition coefficient (Wildman–Crippen LogP) is 13.9. The van der Waals surface area contributed by atoms with Gasteiger partial charge in [-0.3, -0.25) is 0 Å². The van der Waals surface area contributed by atoms with Crippen LogP contribution in [0.1, 0.15) is 279 Å². The molecule has 0 N–H and O–H groups in total. The Kier molecular flexibility index (Phi) is 44.6. The number of allylic oxidation sites excluding steroid dienone is 4. The molecule has 0 spiro atoms. The normalized spacial score (nSPS) is 11.7. The van der Waals surface area contributed by atoms with Crippen molar-refractivity contribution >= 4 is 22.1 Å². The van der Waals surface area contributed by atoms with Crippen LogP contribution in [0.3, 0.4) is 0 Å². The minimum atomic E-state index is -4.83. The predicted molar refractivity (Wildman–Crippen MR) is 260 cm³/mol. The molecule has 0 heterocycles. The Morgan fingerprint density at radius 3 is 1.00 bits per heavy atom. The summed E-state index contributed by atoms with van der Waals surface area (Å²) in [5, 5.41) is 0. The van der Waals surface area contributed by atoms with Crippen molar-refractivity contribution in [1.29, 1.82) is 0 Å².